The molecule has 0 radical (unpaired) electrons. The Morgan fingerprint density at radius 2 is 1.91 bits per heavy atom. The number of aryl methyl sites for hydroxylation is 2. The lowest BCUT2D eigenvalue weighted by Crippen LogP contribution is -1.95. The number of unbranched alkanes of at least 4 members (excludes halogenated alkanes) is 1. The Kier molecular flexibility index (Phi) is 4.68. The van der Waals surface area contributed by atoms with Gasteiger partial charge in [-0.15, -0.1) is 11.3 Å². The second kappa shape index (κ2) is 6.88. The molecule has 0 aliphatic carbocycles. The molecule has 0 spiro atoms. The third-order valence-corrected chi connectivity index (χ3v) is 4.95. The van der Waals surface area contributed by atoms with E-state index in [4.69, 9.17) is 0 Å². The molecule has 0 amide bonds. The summed E-state index contributed by atoms with van der Waals surface area (Å²) in [4.78, 5) is 11.2. The maximum Gasteiger partial charge on any atom is 0.142 e. The van der Waals surface area contributed by atoms with Gasteiger partial charge in [-0.3, -0.25) is 0 Å². The van der Waals surface area contributed by atoms with Crippen LogP contribution in [0.1, 0.15) is 37.1 Å². The predicted octanol–water partition coefficient (Wildman–Crippen LogP) is 5.34. The zero-order valence-electron chi connectivity index (χ0n) is 13.1. The third-order valence-electron chi connectivity index (χ3n) is 3.76. The average molecular weight is 311 g/mol. The number of aromatic nitrogens is 2. The van der Waals surface area contributed by atoms with E-state index < -0.39 is 0 Å². The van der Waals surface area contributed by atoms with Gasteiger partial charge in [0.05, 0.1) is 5.39 Å². The highest BCUT2D eigenvalue weighted by Gasteiger charge is 2.08. The van der Waals surface area contributed by atoms with Crippen molar-refractivity contribution in [1.82, 2.24) is 9.97 Å². The van der Waals surface area contributed by atoms with E-state index in [1.807, 2.05) is 0 Å². The summed E-state index contributed by atoms with van der Waals surface area (Å²) in [5.41, 5.74) is 2.47. The summed E-state index contributed by atoms with van der Waals surface area (Å²) < 4.78 is 0. The molecular formula is C18H21N3S. The Morgan fingerprint density at radius 3 is 2.64 bits per heavy atom. The van der Waals surface area contributed by atoms with Crippen molar-refractivity contribution in [3.8, 4) is 0 Å². The first kappa shape index (κ1) is 15.0. The SMILES string of the molecule is CCCCc1ccc(Nc2ncnc3sc(CC)cc23)cc1. The van der Waals surface area contributed by atoms with Crippen molar-refractivity contribution in [3.63, 3.8) is 0 Å². The normalized spacial score (nSPS) is 11.0. The minimum atomic E-state index is 0.891. The number of nitrogens with zero attached hydrogens (tertiary/aromatic N) is 2. The number of hydrogen-bond acceptors (Lipinski definition) is 4. The van der Waals surface area contributed by atoms with Crippen LogP contribution >= 0.6 is 11.3 Å². The molecule has 0 unspecified atom stereocenters. The van der Waals surface area contributed by atoms with E-state index in [0.717, 1.165) is 34.6 Å². The summed E-state index contributed by atoms with van der Waals surface area (Å²) in [5, 5.41) is 4.53. The molecule has 0 bridgehead atoms. The van der Waals surface area contributed by atoms with Gasteiger partial charge in [0, 0.05) is 10.6 Å². The molecule has 0 saturated heterocycles. The molecule has 114 valence electrons. The van der Waals surface area contributed by atoms with Gasteiger partial charge in [0.15, 0.2) is 0 Å². The lowest BCUT2D eigenvalue weighted by molar-refractivity contribution is 0.795. The van der Waals surface area contributed by atoms with E-state index in [1.54, 1.807) is 17.7 Å². The van der Waals surface area contributed by atoms with E-state index in [0.29, 0.717) is 0 Å². The second-order valence-corrected chi connectivity index (χ2v) is 6.55. The highest BCUT2D eigenvalue weighted by Crippen LogP contribution is 2.30. The van der Waals surface area contributed by atoms with Crippen LogP contribution in [0.15, 0.2) is 36.7 Å². The van der Waals surface area contributed by atoms with Crippen LogP contribution in [0.2, 0.25) is 0 Å². The third kappa shape index (κ3) is 3.28. The maximum absolute atomic E-state index is 4.41. The minimum absolute atomic E-state index is 0.891. The average Bonchev–Trinajstić information content (AvgIpc) is 2.98. The van der Waals surface area contributed by atoms with Gasteiger partial charge in [-0.1, -0.05) is 32.4 Å². The molecule has 0 aliphatic heterocycles. The van der Waals surface area contributed by atoms with Crippen molar-refractivity contribution in [3.05, 3.63) is 47.1 Å². The number of fused-ring (bicyclic) bond motifs is 1. The molecule has 3 aromatic rings. The molecule has 1 aromatic carbocycles. The molecule has 0 fully saturated rings. The minimum Gasteiger partial charge on any atom is -0.340 e. The number of thiophene rings is 1. The van der Waals surface area contributed by atoms with Gasteiger partial charge >= 0.3 is 0 Å². The number of rotatable bonds is 6. The first-order chi connectivity index (χ1) is 10.8. The molecule has 2 aromatic heterocycles. The summed E-state index contributed by atoms with van der Waals surface area (Å²) in [6, 6.07) is 10.8. The Labute approximate surface area is 135 Å². The molecule has 1 N–H and O–H groups in total. The number of benzene rings is 1. The van der Waals surface area contributed by atoms with Gasteiger partial charge in [-0.2, -0.15) is 0 Å². The van der Waals surface area contributed by atoms with Crippen LogP contribution in [0.4, 0.5) is 11.5 Å². The summed E-state index contributed by atoms with van der Waals surface area (Å²) in [6.07, 6.45) is 6.30. The second-order valence-electron chi connectivity index (χ2n) is 5.43. The van der Waals surface area contributed by atoms with Gasteiger partial charge < -0.3 is 5.32 Å². The van der Waals surface area contributed by atoms with Crippen LogP contribution in [0.25, 0.3) is 10.2 Å². The quantitative estimate of drug-likeness (QED) is 0.667. The molecule has 0 saturated carbocycles. The molecule has 2 heterocycles. The lowest BCUT2D eigenvalue weighted by Gasteiger charge is -2.07. The number of nitrogens with one attached hydrogen (secondary N) is 1. The number of anilines is 2. The van der Waals surface area contributed by atoms with E-state index in [2.05, 4.69) is 59.5 Å². The van der Waals surface area contributed by atoms with E-state index in [9.17, 15) is 0 Å². The van der Waals surface area contributed by atoms with Gasteiger partial charge in [0.25, 0.3) is 0 Å². The van der Waals surface area contributed by atoms with Crippen molar-refractivity contribution in [2.24, 2.45) is 0 Å². The standard InChI is InChI=1S/C18H21N3S/c1-3-5-6-13-7-9-14(10-8-13)21-17-16-11-15(4-2)22-18(16)20-12-19-17/h7-12H,3-6H2,1-2H3,(H,19,20,21). The van der Waals surface area contributed by atoms with E-state index in [1.165, 1.54) is 23.3 Å². The molecule has 3 rings (SSSR count). The fourth-order valence-corrected chi connectivity index (χ4v) is 3.39. The van der Waals surface area contributed by atoms with Gasteiger partial charge in [-0.25, -0.2) is 9.97 Å². The zero-order chi connectivity index (χ0) is 15.4. The van der Waals surface area contributed by atoms with Crippen molar-refractivity contribution in [1.29, 1.82) is 0 Å². The van der Waals surface area contributed by atoms with E-state index >= 15 is 0 Å². The summed E-state index contributed by atoms with van der Waals surface area (Å²) >= 11 is 1.74. The smallest absolute Gasteiger partial charge is 0.142 e. The van der Waals surface area contributed by atoms with Crippen LogP contribution < -0.4 is 5.32 Å². The van der Waals surface area contributed by atoms with Crippen LogP contribution in [0.3, 0.4) is 0 Å². The Balaban J connectivity index is 1.82. The Bertz CT molecular complexity index is 747. The first-order valence-corrected chi connectivity index (χ1v) is 8.71. The summed E-state index contributed by atoms with van der Waals surface area (Å²) in [7, 11) is 0. The highest BCUT2D eigenvalue weighted by molar-refractivity contribution is 7.18. The topological polar surface area (TPSA) is 37.8 Å². The summed E-state index contributed by atoms with van der Waals surface area (Å²) in [6.45, 7) is 4.39. The molecule has 3 nitrogen and oxygen atoms in total. The monoisotopic (exact) mass is 311 g/mol. The van der Waals surface area contributed by atoms with Crippen molar-refractivity contribution in [2.45, 2.75) is 39.5 Å². The van der Waals surface area contributed by atoms with Gasteiger partial charge in [0.2, 0.25) is 0 Å². The van der Waals surface area contributed by atoms with Crippen LogP contribution in [-0.2, 0) is 12.8 Å². The predicted molar refractivity (Wildman–Crippen MR) is 95.1 cm³/mol. The van der Waals surface area contributed by atoms with Gasteiger partial charge in [0.1, 0.15) is 17.0 Å². The van der Waals surface area contributed by atoms with Crippen LogP contribution in [0.5, 0.6) is 0 Å². The van der Waals surface area contributed by atoms with Crippen LogP contribution in [0, 0.1) is 0 Å². The highest BCUT2D eigenvalue weighted by atomic mass is 32.1. The maximum atomic E-state index is 4.41. The van der Waals surface area contributed by atoms with E-state index in [-0.39, 0.29) is 0 Å². The fraction of sp³-hybridized carbons (Fsp3) is 0.333. The zero-order valence-corrected chi connectivity index (χ0v) is 13.9. The fourth-order valence-electron chi connectivity index (χ4n) is 2.45. The van der Waals surface area contributed by atoms with Crippen molar-refractivity contribution in [2.75, 3.05) is 5.32 Å². The largest absolute Gasteiger partial charge is 0.340 e. The molecule has 4 heteroatoms. The number of hydrogen-bond donors (Lipinski definition) is 1. The Morgan fingerprint density at radius 1 is 1.09 bits per heavy atom. The molecule has 0 atom stereocenters. The Hall–Kier alpha value is -1.94. The van der Waals surface area contributed by atoms with Crippen molar-refractivity contribution >= 4 is 33.1 Å². The lowest BCUT2D eigenvalue weighted by atomic mass is 10.1. The molecule has 0 aliphatic rings. The van der Waals surface area contributed by atoms with Gasteiger partial charge in [-0.05, 0) is 43.0 Å². The van der Waals surface area contributed by atoms with Crippen molar-refractivity contribution < 1.29 is 0 Å². The summed E-state index contributed by atoms with van der Waals surface area (Å²) in [5.74, 6) is 0.891. The molecular weight excluding hydrogens is 290 g/mol. The first-order valence-electron chi connectivity index (χ1n) is 7.89. The molecule has 22 heavy (non-hydrogen) atoms. The van der Waals surface area contributed by atoms with Crippen LogP contribution in [-0.4, -0.2) is 9.97 Å².